The molecule has 0 radical (unpaired) electrons. The minimum atomic E-state index is 0.0824. The molecule has 32 heavy (non-hydrogen) atoms. The molecule has 160 valence electrons. The van der Waals surface area contributed by atoms with Gasteiger partial charge in [0, 0.05) is 24.5 Å². The van der Waals surface area contributed by atoms with Crippen molar-refractivity contribution in [1.82, 2.24) is 29.9 Å². The van der Waals surface area contributed by atoms with Crippen molar-refractivity contribution in [3.8, 4) is 0 Å². The molecule has 8 bridgehead atoms. The molecule has 3 heterocycles. The standard InChI is InChI=1S/C20H16Cl2N10/c21-15-27-17-23-9-11-3-1-4-12(7-11)10-24-18-28-16(22)30-20(32-18)26-14-6-2-5-13(8-14)25-19(29-15)31-17/h1-8H,9-10H2,(H2,23,25,27,29,31)(H2,24,26,28,30,32). The predicted molar refractivity (Wildman–Crippen MR) is 124 cm³/mol. The second-order valence-electron chi connectivity index (χ2n) is 6.86. The maximum Gasteiger partial charge on any atom is 0.233 e. The fraction of sp³-hybridized carbons (Fsp3) is 0.100. The highest BCUT2D eigenvalue weighted by atomic mass is 35.5. The number of hydrogen-bond donors (Lipinski definition) is 4. The zero-order chi connectivity index (χ0) is 21.9. The number of aromatic nitrogens is 6. The van der Waals surface area contributed by atoms with Gasteiger partial charge in [-0.3, -0.25) is 0 Å². The van der Waals surface area contributed by atoms with Gasteiger partial charge in [-0.1, -0.05) is 30.3 Å². The Labute approximate surface area is 192 Å². The minimum Gasteiger partial charge on any atom is -0.350 e. The van der Waals surface area contributed by atoms with Crippen molar-refractivity contribution in [3.05, 3.63) is 70.2 Å². The topological polar surface area (TPSA) is 125 Å². The molecular weight excluding hydrogens is 451 g/mol. The Morgan fingerprint density at radius 3 is 1.56 bits per heavy atom. The van der Waals surface area contributed by atoms with E-state index in [1.54, 1.807) is 0 Å². The van der Waals surface area contributed by atoms with Crippen LogP contribution in [0.2, 0.25) is 10.6 Å². The molecule has 0 spiro atoms. The molecule has 1 aliphatic rings. The van der Waals surface area contributed by atoms with Crippen molar-refractivity contribution in [1.29, 1.82) is 0 Å². The van der Waals surface area contributed by atoms with Gasteiger partial charge in [0.05, 0.1) is 0 Å². The summed E-state index contributed by atoms with van der Waals surface area (Å²) in [5.41, 5.74) is 3.55. The third-order valence-electron chi connectivity index (χ3n) is 4.48. The lowest BCUT2D eigenvalue weighted by Crippen LogP contribution is -2.09. The molecule has 10 nitrogen and oxygen atoms in total. The monoisotopic (exact) mass is 466 g/mol. The van der Waals surface area contributed by atoms with E-state index < -0.39 is 0 Å². The van der Waals surface area contributed by atoms with E-state index in [-0.39, 0.29) is 10.6 Å². The molecule has 0 fully saturated rings. The van der Waals surface area contributed by atoms with Gasteiger partial charge in [-0.15, -0.1) is 0 Å². The van der Waals surface area contributed by atoms with Gasteiger partial charge < -0.3 is 21.3 Å². The normalized spacial score (nSPS) is 12.8. The summed E-state index contributed by atoms with van der Waals surface area (Å²) in [6.45, 7) is 1.02. The lowest BCUT2D eigenvalue weighted by molar-refractivity contribution is 0.991. The molecule has 5 rings (SSSR count). The SMILES string of the molecule is Clc1nc2nc(n1)Nc1cccc(c1)Nc1nc(Cl)nc(n1)NCc1cccc(c1)CN2. The quantitative estimate of drug-likeness (QED) is 0.296. The van der Waals surface area contributed by atoms with E-state index in [1.165, 1.54) is 0 Å². The largest absolute Gasteiger partial charge is 0.350 e. The average molecular weight is 467 g/mol. The summed E-state index contributed by atoms with van der Waals surface area (Å²) in [6, 6.07) is 15.5. The summed E-state index contributed by atoms with van der Waals surface area (Å²) in [5.74, 6) is 1.37. The summed E-state index contributed by atoms with van der Waals surface area (Å²) in [7, 11) is 0. The fourth-order valence-electron chi connectivity index (χ4n) is 3.11. The second-order valence-corrected chi connectivity index (χ2v) is 7.54. The van der Waals surface area contributed by atoms with Crippen molar-refractivity contribution in [2.24, 2.45) is 0 Å². The molecule has 4 aromatic rings. The van der Waals surface area contributed by atoms with Crippen LogP contribution in [0, 0.1) is 0 Å². The fourth-order valence-corrected chi connectivity index (χ4v) is 3.44. The van der Waals surface area contributed by atoms with Gasteiger partial charge in [0.1, 0.15) is 0 Å². The summed E-state index contributed by atoms with van der Waals surface area (Å²) in [4.78, 5) is 25.5. The summed E-state index contributed by atoms with van der Waals surface area (Å²) >= 11 is 12.2. The van der Waals surface area contributed by atoms with E-state index in [1.807, 2.05) is 42.5 Å². The van der Waals surface area contributed by atoms with Crippen molar-refractivity contribution < 1.29 is 0 Å². The van der Waals surface area contributed by atoms with Crippen LogP contribution in [0.4, 0.5) is 35.2 Å². The van der Waals surface area contributed by atoms with Gasteiger partial charge >= 0.3 is 0 Å². The molecule has 12 heteroatoms. The number of anilines is 6. The number of halogens is 2. The number of benzene rings is 2. The van der Waals surface area contributed by atoms with Gasteiger partial charge in [-0.05, 0) is 52.5 Å². The first kappa shape index (κ1) is 20.2. The highest BCUT2D eigenvalue weighted by Crippen LogP contribution is 2.23. The van der Waals surface area contributed by atoms with Crippen LogP contribution in [-0.2, 0) is 13.1 Å². The summed E-state index contributed by atoms with van der Waals surface area (Å²) < 4.78 is 0. The van der Waals surface area contributed by atoms with Crippen LogP contribution in [-0.4, -0.2) is 29.9 Å². The molecule has 0 atom stereocenters. The number of nitrogens with zero attached hydrogens (tertiary/aromatic N) is 6. The predicted octanol–water partition coefficient (Wildman–Crippen LogP) is 4.39. The van der Waals surface area contributed by atoms with E-state index >= 15 is 0 Å². The summed E-state index contributed by atoms with van der Waals surface area (Å²) in [5, 5.41) is 12.8. The van der Waals surface area contributed by atoms with Crippen LogP contribution >= 0.6 is 23.2 Å². The lowest BCUT2D eigenvalue weighted by Gasteiger charge is -2.12. The molecule has 2 aromatic heterocycles. The Morgan fingerprint density at radius 2 is 1.03 bits per heavy atom. The Morgan fingerprint density at radius 1 is 0.562 bits per heavy atom. The van der Waals surface area contributed by atoms with Crippen LogP contribution in [0.3, 0.4) is 0 Å². The molecular formula is C20H16Cl2N10. The molecule has 0 unspecified atom stereocenters. The zero-order valence-electron chi connectivity index (χ0n) is 16.5. The van der Waals surface area contributed by atoms with Crippen molar-refractivity contribution >= 4 is 58.4 Å². The van der Waals surface area contributed by atoms with E-state index in [0.29, 0.717) is 36.9 Å². The van der Waals surface area contributed by atoms with Crippen LogP contribution in [0.5, 0.6) is 0 Å². The van der Waals surface area contributed by atoms with Gasteiger partial charge in [-0.25, -0.2) is 0 Å². The third-order valence-corrected chi connectivity index (χ3v) is 4.82. The number of rotatable bonds is 0. The van der Waals surface area contributed by atoms with Crippen LogP contribution in [0.15, 0.2) is 48.5 Å². The van der Waals surface area contributed by atoms with Gasteiger partial charge in [0.2, 0.25) is 34.4 Å². The number of hydrogen-bond acceptors (Lipinski definition) is 10. The molecule has 2 aromatic carbocycles. The van der Waals surface area contributed by atoms with Gasteiger partial charge in [0.15, 0.2) is 0 Å². The highest BCUT2D eigenvalue weighted by molar-refractivity contribution is 6.28. The Bertz CT molecular complexity index is 1190. The summed E-state index contributed by atoms with van der Waals surface area (Å²) in [6.07, 6.45) is 0. The number of fused-ring (bicyclic) bond motifs is 8. The first-order valence-corrected chi connectivity index (χ1v) is 10.4. The van der Waals surface area contributed by atoms with Crippen molar-refractivity contribution in [2.45, 2.75) is 13.1 Å². The average Bonchev–Trinajstić information content (AvgIpc) is 2.76. The Hall–Kier alpha value is -3.76. The van der Waals surface area contributed by atoms with Crippen LogP contribution in [0.25, 0.3) is 0 Å². The molecule has 0 saturated carbocycles. The highest BCUT2D eigenvalue weighted by Gasteiger charge is 2.09. The van der Waals surface area contributed by atoms with E-state index in [4.69, 9.17) is 23.2 Å². The van der Waals surface area contributed by atoms with Gasteiger partial charge in [0.25, 0.3) is 0 Å². The smallest absolute Gasteiger partial charge is 0.233 e. The Balaban J connectivity index is 1.54. The molecule has 0 saturated heterocycles. The molecule has 4 N–H and O–H groups in total. The van der Waals surface area contributed by atoms with E-state index in [9.17, 15) is 0 Å². The minimum absolute atomic E-state index is 0.0824. The molecule has 0 amide bonds. The lowest BCUT2D eigenvalue weighted by atomic mass is 10.1. The van der Waals surface area contributed by atoms with E-state index in [2.05, 4.69) is 57.2 Å². The first-order chi connectivity index (χ1) is 15.6. The van der Waals surface area contributed by atoms with E-state index in [0.717, 1.165) is 22.5 Å². The van der Waals surface area contributed by atoms with Crippen LogP contribution < -0.4 is 21.3 Å². The molecule has 1 aliphatic heterocycles. The number of nitrogens with one attached hydrogen (secondary N) is 4. The second kappa shape index (κ2) is 8.77. The third kappa shape index (κ3) is 4.93. The molecule has 0 aliphatic carbocycles. The van der Waals surface area contributed by atoms with Gasteiger partial charge in [-0.2, -0.15) is 29.9 Å². The maximum atomic E-state index is 6.11. The van der Waals surface area contributed by atoms with Crippen LogP contribution in [0.1, 0.15) is 11.1 Å². The first-order valence-electron chi connectivity index (χ1n) is 9.62. The van der Waals surface area contributed by atoms with Crippen molar-refractivity contribution in [2.75, 3.05) is 21.3 Å². The maximum absolute atomic E-state index is 6.11. The van der Waals surface area contributed by atoms with Crippen molar-refractivity contribution in [3.63, 3.8) is 0 Å². The Kier molecular flexibility index (Phi) is 5.53. The zero-order valence-corrected chi connectivity index (χ0v) is 18.0.